The second-order valence-corrected chi connectivity index (χ2v) is 9.93. The predicted octanol–water partition coefficient (Wildman–Crippen LogP) is 2.39. The molecule has 0 heterocycles. The van der Waals surface area contributed by atoms with Crippen molar-refractivity contribution in [2.75, 3.05) is 34.2 Å². The van der Waals surface area contributed by atoms with Gasteiger partial charge in [0.15, 0.2) is 0 Å². The molecule has 0 spiro atoms. The Bertz CT molecular complexity index is 721. The van der Waals surface area contributed by atoms with Gasteiger partial charge in [0.25, 0.3) is 0 Å². The fourth-order valence-corrected chi connectivity index (χ4v) is 4.79. The summed E-state index contributed by atoms with van der Waals surface area (Å²) in [7, 11) is 1.90. The van der Waals surface area contributed by atoms with Gasteiger partial charge in [-0.25, -0.2) is 8.42 Å². The van der Waals surface area contributed by atoms with Crippen LogP contribution in [-0.2, 0) is 14.8 Å². The zero-order valence-corrected chi connectivity index (χ0v) is 17.8. The predicted molar refractivity (Wildman–Crippen MR) is 108 cm³/mol. The van der Waals surface area contributed by atoms with Crippen LogP contribution in [-0.4, -0.2) is 63.3 Å². The zero-order valence-electron chi connectivity index (χ0n) is 17.0. The number of nitrogens with one attached hydrogen (secondary N) is 1. The van der Waals surface area contributed by atoms with E-state index in [1.54, 1.807) is 24.3 Å². The largest absolute Gasteiger partial charge is 0.353 e. The van der Waals surface area contributed by atoms with Gasteiger partial charge in [-0.2, -0.15) is 4.31 Å². The van der Waals surface area contributed by atoms with Gasteiger partial charge < -0.3 is 10.2 Å². The van der Waals surface area contributed by atoms with E-state index in [2.05, 4.69) is 24.3 Å². The third-order valence-corrected chi connectivity index (χ3v) is 7.51. The Morgan fingerprint density at radius 3 is 2.11 bits per heavy atom. The van der Waals surface area contributed by atoms with Crippen LogP contribution in [0.3, 0.4) is 0 Å². The summed E-state index contributed by atoms with van der Waals surface area (Å²) in [5.41, 5.74) is 0.951. The SMILES string of the molecule is Cc1ccc(S(=O)(=O)N(C)CC(=O)NCC2(N(C)C)CCCCCC2)cc1. The van der Waals surface area contributed by atoms with Crippen molar-refractivity contribution in [3.63, 3.8) is 0 Å². The summed E-state index contributed by atoms with van der Waals surface area (Å²) in [5, 5.41) is 2.98. The van der Waals surface area contributed by atoms with E-state index in [0.717, 1.165) is 35.6 Å². The number of likely N-dealkylation sites (N-methyl/N-ethyl adjacent to an activating group) is 2. The van der Waals surface area contributed by atoms with Crippen LogP contribution in [0.2, 0.25) is 0 Å². The molecule has 0 unspecified atom stereocenters. The second kappa shape index (κ2) is 9.17. The van der Waals surface area contributed by atoms with Crippen molar-refractivity contribution in [3.8, 4) is 0 Å². The minimum Gasteiger partial charge on any atom is -0.353 e. The number of carbonyl (C=O) groups excluding carboxylic acids is 1. The van der Waals surface area contributed by atoms with E-state index in [4.69, 9.17) is 0 Å². The van der Waals surface area contributed by atoms with Gasteiger partial charge >= 0.3 is 0 Å². The lowest BCUT2D eigenvalue weighted by atomic mass is 9.88. The van der Waals surface area contributed by atoms with Crippen molar-refractivity contribution in [1.29, 1.82) is 0 Å². The van der Waals surface area contributed by atoms with Gasteiger partial charge in [-0.05, 0) is 46.0 Å². The molecule has 1 aliphatic carbocycles. The molecule has 1 aromatic rings. The number of aryl methyl sites for hydroxylation is 1. The van der Waals surface area contributed by atoms with E-state index < -0.39 is 10.0 Å². The molecular formula is C20H33N3O3S. The number of hydrogen-bond donors (Lipinski definition) is 1. The fourth-order valence-electron chi connectivity index (χ4n) is 3.67. The van der Waals surface area contributed by atoms with Crippen LogP contribution in [0.5, 0.6) is 0 Å². The number of rotatable bonds is 7. The van der Waals surface area contributed by atoms with Gasteiger partial charge in [-0.15, -0.1) is 0 Å². The first kappa shape index (κ1) is 21.9. The molecule has 0 radical (unpaired) electrons. The summed E-state index contributed by atoms with van der Waals surface area (Å²) in [6.45, 7) is 2.28. The molecule has 0 aromatic heterocycles. The third-order valence-electron chi connectivity index (χ3n) is 5.69. The number of nitrogens with zero attached hydrogens (tertiary/aromatic N) is 2. The van der Waals surface area contributed by atoms with E-state index in [1.807, 2.05) is 6.92 Å². The molecular weight excluding hydrogens is 362 g/mol. The lowest BCUT2D eigenvalue weighted by Crippen LogP contribution is -2.53. The smallest absolute Gasteiger partial charge is 0.243 e. The number of sulfonamides is 1. The van der Waals surface area contributed by atoms with Crippen LogP contribution in [0.4, 0.5) is 0 Å². The molecule has 27 heavy (non-hydrogen) atoms. The Kier molecular flexibility index (Phi) is 7.42. The maximum Gasteiger partial charge on any atom is 0.243 e. The van der Waals surface area contributed by atoms with E-state index >= 15 is 0 Å². The van der Waals surface area contributed by atoms with Crippen LogP contribution in [0.1, 0.15) is 44.1 Å². The number of amides is 1. The van der Waals surface area contributed by atoms with Crippen molar-refractivity contribution in [2.45, 2.75) is 55.9 Å². The molecule has 2 rings (SSSR count). The Morgan fingerprint density at radius 1 is 1.04 bits per heavy atom. The first-order valence-corrected chi connectivity index (χ1v) is 11.1. The van der Waals surface area contributed by atoms with Gasteiger partial charge in [0.05, 0.1) is 11.4 Å². The van der Waals surface area contributed by atoms with Crippen molar-refractivity contribution < 1.29 is 13.2 Å². The summed E-state index contributed by atoms with van der Waals surface area (Å²) in [4.78, 5) is 14.9. The van der Waals surface area contributed by atoms with E-state index in [-0.39, 0.29) is 22.9 Å². The van der Waals surface area contributed by atoms with Gasteiger partial charge in [0.2, 0.25) is 15.9 Å². The quantitative estimate of drug-likeness (QED) is 0.720. The lowest BCUT2D eigenvalue weighted by molar-refractivity contribution is -0.121. The number of carbonyl (C=O) groups is 1. The van der Waals surface area contributed by atoms with Gasteiger partial charge in [-0.3, -0.25) is 4.79 Å². The summed E-state index contributed by atoms with van der Waals surface area (Å²) in [5.74, 6) is -0.265. The molecule has 6 nitrogen and oxygen atoms in total. The average Bonchev–Trinajstić information content (AvgIpc) is 2.87. The molecule has 1 fully saturated rings. The Morgan fingerprint density at radius 2 is 1.59 bits per heavy atom. The maximum atomic E-state index is 12.6. The first-order valence-electron chi connectivity index (χ1n) is 9.64. The molecule has 7 heteroatoms. The highest BCUT2D eigenvalue weighted by atomic mass is 32.2. The molecule has 0 atom stereocenters. The molecule has 0 saturated heterocycles. The van der Waals surface area contributed by atoms with E-state index in [9.17, 15) is 13.2 Å². The minimum absolute atomic E-state index is 0.0411. The van der Waals surface area contributed by atoms with E-state index in [1.165, 1.54) is 19.9 Å². The second-order valence-electron chi connectivity index (χ2n) is 7.88. The summed E-state index contributed by atoms with van der Waals surface area (Å²) < 4.78 is 26.4. The highest BCUT2D eigenvalue weighted by Gasteiger charge is 2.33. The highest BCUT2D eigenvalue weighted by molar-refractivity contribution is 7.89. The van der Waals surface area contributed by atoms with Gasteiger partial charge in [-0.1, -0.05) is 43.4 Å². The van der Waals surface area contributed by atoms with Crippen molar-refractivity contribution >= 4 is 15.9 Å². The van der Waals surface area contributed by atoms with Crippen LogP contribution in [0.25, 0.3) is 0 Å². The highest BCUT2D eigenvalue weighted by Crippen LogP contribution is 2.30. The van der Waals surface area contributed by atoms with Crippen molar-refractivity contribution in [1.82, 2.24) is 14.5 Å². The zero-order chi connectivity index (χ0) is 20.1. The Labute approximate surface area is 164 Å². The van der Waals surface area contributed by atoms with Crippen LogP contribution < -0.4 is 5.32 Å². The molecule has 0 aliphatic heterocycles. The van der Waals surface area contributed by atoms with Crippen molar-refractivity contribution in [3.05, 3.63) is 29.8 Å². The van der Waals surface area contributed by atoms with Crippen molar-refractivity contribution in [2.24, 2.45) is 0 Å². The minimum atomic E-state index is -3.67. The Hall–Kier alpha value is -1.44. The molecule has 1 N–H and O–H groups in total. The molecule has 152 valence electrons. The third kappa shape index (κ3) is 5.53. The summed E-state index contributed by atoms with van der Waals surface area (Å²) >= 11 is 0. The molecule has 1 saturated carbocycles. The fraction of sp³-hybridized carbons (Fsp3) is 0.650. The Balaban J connectivity index is 1.98. The number of benzene rings is 1. The van der Waals surface area contributed by atoms with Gasteiger partial charge in [0.1, 0.15) is 0 Å². The molecule has 0 bridgehead atoms. The monoisotopic (exact) mass is 395 g/mol. The summed E-state index contributed by atoms with van der Waals surface area (Å²) in [6.07, 6.45) is 6.91. The molecule has 1 aromatic carbocycles. The molecule has 1 aliphatic rings. The standard InChI is InChI=1S/C20H33N3O3S/c1-17-9-11-18(12-10-17)27(25,26)23(4)15-19(24)21-16-20(22(2)3)13-7-5-6-8-14-20/h9-12H,5-8,13-16H2,1-4H3,(H,21,24). The number of hydrogen-bond acceptors (Lipinski definition) is 4. The average molecular weight is 396 g/mol. The maximum absolute atomic E-state index is 12.6. The normalized spacial score (nSPS) is 17.7. The lowest BCUT2D eigenvalue weighted by Gasteiger charge is -2.39. The summed E-state index contributed by atoms with van der Waals surface area (Å²) in [6, 6.07) is 6.67. The van der Waals surface area contributed by atoms with E-state index in [0.29, 0.717) is 6.54 Å². The topological polar surface area (TPSA) is 69.7 Å². The van der Waals surface area contributed by atoms with Crippen LogP contribution >= 0.6 is 0 Å². The molecule has 1 amide bonds. The van der Waals surface area contributed by atoms with Crippen LogP contribution in [0.15, 0.2) is 29.2 Å². The van der Waals surface area contributed by atoms with Gasteiger partial charge in [0, 0.05) is 19.1 Å². The van der Waals surface area contributed by atoms with Crippen LogP contribution in [0, 0.1) is 6.92 Å². The first-order chi connectivity index (χ1) is 12.7.